The fourth-order valence-electron chi connectivity index (χ4n) is 2.71. The molecule has 0 saturated carbocycles. The highest BCUT2D eigenvalue weighted by molar-refractivity contribution is 6.03. The van der Waals surface area contributed by atoms with E-state index in [1.165, 1.54) is 5.56 Å². The SMILES string of the molecule is Cc1ccc(-n2nnc(C(=O)Nc3cc(C)cc(C)c3)c2C)cc1. The first-order valence-corrected chi connectivity index (χ1v) is 7.83. The van der Waals surface area contributed by atoms with E-state index in [4.69, 9.17) is 0 Å². The van der Waals surface area contributed by atoms with E-state index in [9.17, 15) is 4.79 Å². The Kier molecular flexibility index (Phi) is 4.16. The molecule has 0 atom stereocenters. The number of carbonyl (C=O) groups excluding carboxylic acids is 1. The van der Waals surface area contributed by atoms with Crippen LogP contribution in [0.15, 0.2) is 42.5 Å². The second kappa shape index (κ2) is 6.28. The van der Waals surface area contributed by atoms with Crippen LogP contribution < -0.4 is 5.32 Å². The first kappa shape index (κ1) is 15.9. The molecule has 3 aromatic rings. The van der Waals surface area contributed by atoms with Crippen LogP contribution in [0.2, 0.25) is 0 Å². The second-order valence-electron chi connectivity index (χ2n) is 6.10. The molecular weight excluding hydrogens is 300 g/mol. The molecule has 122 valence electrons. The van der Waals surface area contributed by atoms with Crippen LogP contribution in [0.3, 0.4) is 0 Å². The van der Waals surface area contributed by atoms with Crippen LogP contribution in [0.1, 0.15) is 32.9 Å². The number of amides is 1. The molecule has 3 rings (SSSR count). The maximum absolute atomic E-state index is 12.5. The van der Waals surface area contributed by atoms with Gasteiger partial charge < -0.3 is 5.32 Å². The van der Waals surface area contributed by atoms with Crippen molar-refractivity contribution in [3.8, 4) is 5.69 Å². The summed E-state index contributed by atoms with van der Waals surface area (Å²) in [6.45, 7) is 7.88. The normalized spacial score (nSPS) is 10.7. The maximum Gasteiger partial charge on any atom is 0.278 e. The minimum Gasteiger partial charge on any atom is -0.321 e. The number of anilines is 1. The van der Waals surface area contributed by atoms with E-state index in [0.717, 1.165) is 22.5 Å². The van der Waals surface area contributed by atoms with Gasteiger partial charge in [-0.25, -0.2) is 4.68 Å². The molecule has 24 heavy (non-hydrogen) atoms. The average molecular weight is 320 g/mol. The number of rotatable bonds is 3. The topological polar surface area (TPSA) is 59.8 Å². The summed E-state index contributed by atoms with van der Waals surface area (Å²) in [5.74, 6) is -0.254. The third-order valence-electron chi connectivity index (χ3n) is 3.87. The number of hydrogen-bond acceptors (Lipinski definition) is 3. The van der Waals surface area contributed by atoms with E-state index in [1.54, 1.807) is 4.68 Å². The Balaban J connectivity index is 1.87. The minimum atomic E-state index is -0.254. The zero-order valence-electron chi connectivity index (χ0n) is 14.3. The molecule has 1 N–H and O–H groups in total. The van der Waals surface area contributed by atoms with E-state index in [-0.39, 0.29) is 5.91 Å². The summed E-state index contributed by atoms with van der Waals surface area (Å²) < 4.78 is 1.68. The highest BCUT2D eigenvalue weighted by atomic mass is 16.2. The second-order valence-corrected chi connectivity index (χ2v) is 6.10. The highest BCUT2D eigenvalue weighted by Gasteiger charge is 2.17. The molecule has 5 heteroatoms. The van der Waals surface area contributed by atoms with E-state index in [2.05, 4.69) is 21.7 Å². The van der Waals surface area contributed by atoms with Crippen LogP contribution in [0.5, 0.6) is 0 Å². The molecule has 5 nitrogen and oxygen atoms in total. The summed E-state index contributed by atoms with van der Waals surface area (Å²) in [6, 6.07) is 13.9. The fraction of sp³-hybridized carbons (Fsp3) is 0.211. The summed E-state index contributed by atoms with van der Waals surface area (Å²) in [7, 11) is 0. The van der Waals surface area contributed by atoms with Crippen molar-refractivity contribution in [3.63, 3.8) is 0 Å². The van der Waals surface area contributed by atoms with Gasteiger partial charge >= 0.3 is 0 Å². The average Bonchev–Trinajstić information content (AvgIpc) is 2.89. The summed E-state index contributed by atoms with van der Waals surface area (Å²) >= 11 is 0. The lowest BCUT2D eigenvalue weighted by Crippen LogP contribution is -2.14. The van der Waals surface area contributed by atoms with Gasteiger partial charge in [-0.3, -0.25) is 4.79 Å². The zero-order chi connectivity index (χ0) is 17.3. The number of benzene rings is 2. The zero-order valence-corrected chi connectivity index (χ0v) is 14.3. The van der Waals surface area contributed by atoms with Crippen molar-refractivity contribution in [2.24, 2.45) is 0 Å². The van der Waals surface area contributed by atoms with Crippen molar-refractivity contribution >= 4 is 11.6 Å². The maximum atomic E-state index is 12.5. The third-order valence-corrected chi connectivity index (χ3v) is 3.87. The number of carbonyl (C=O) groups is 1. The molecule has 0 fully saturated rings. The van der Waals surface area contributed by atoms with Crippen LogP contribution in [-0.4, -0.2) is 20.9 Å². The summed E-state index contributed by atoms with van der Waals surface area (Å²) in [6.07, 6.45) is 0. The predicted octanol–water partition coefficient (Wildman–Crippen LogP) is 3.75. The standard InChI is InChI=1S/C19H20N4O/c1-12-5-7-17(8-6-12)23-15(4)18(21-22-23)19(24)20-16-10-13(2)9-14(3)11-16/h5-11H,1-4H3,(H,20,24). The van der Waals surface area contributed by atoms with Gasteiger partial charge in [-0.1, -0.05) is 29.0 Å². The van der Waals surface area contributed by atoms with E-state index in [1.807, 2.05) is 64.1 Å². The molecule has 0 unspecified atom stereocenters. The first-order chi connectivity index (χ1) is 11.4. The molecule has 0 aliphatic rings. The van der Waals surface area contributed by atoms with Crippen LogP contribution in [0.25, 0.3) is 5.69 Å². The van der Waals surface area contributed by atoms with Crippen molar-refractivity contribution in [3.05, 3.63) is 70.5 Å². The molecule has 0 aliphatic heterocycles. The van der Waals surface area contributed by atoms with Gasteiger partial charge in [0.2, 0.25) is 0 Å². The molecule has 0 spiro atoms. The first-order valence-electron chi connectivity index (χ1n) is 7.83. The smallest absolute Gasteiger partial charge is 0.278 e. The van der Waals surface area contributed by atoms with Crippen molar-refractivity contribution in [1.29, 1.82) is 0 Å². The molecule has 1 aromatic heterocycles. The Morgan fingerprint density at radius 2 is 1.54 bits per heavy atom. The van der Waals surface area contributed by atoms with E-state index < -0.39 is 0 Å². The van der Waals surface area contributed by atoms with Crippen molar-refractivity contribution in [2.75, 3.05) is 5.32 Å². The van der Waals surface area contributed by atoms with Crippen LogP contribution in [0.4, 0.5) is 5.69 Å². The van der Waals surface area contributed by atoms with Crippen LogP contribution in [-0.2, 0) is 0 Å². The lowest BCUT2D eigenvalue weighted by Gasteiger charge is -2.07. The van der Waals surface area contributed by atoms with Gasteiger partial charge in [-0.15, -0.1) is 5.10 Å². The largest absolute Gasteiger partial charge is 0.321 e. The fourth-order valence-corrected chi connectivity index (χ4v) is 2.71. The van der Waals surface area contributed by atoms with Crippen LogP contribution >= 0.6 is 0 Å². The van der Waals surface area contributed by atoms with Crippen molar-refractivity contribution < 1.29 is 4.79 Å². The summed E-state index contributed by atoms with van der Waals surface area (Å²) in [4.78, 5) is 12.5. The van der Waals surface area contributed by atoms with Gasteiger partial charge in [0.15, 0.2) is 5.69 Å². The molecule has 0 saturated heterocycles. The number of aromatic nitrogens is 3. The Morgan fingerprint density at radius 3 is 2.17 bits per heavy atom. The molecule has 1 heterocycles. The van der Waals surface area contributed by atoms with Gasteiger partial charge in [0.25, 0.3) is 5.91 Å². The molecular formula is C19H20N4O. The Bertz CT molecular complexity index is 874. The monoisotopic (exact) mass is 320 g/mol. The Labute approximate surface area is 141 Å². The summed E-state index contributed by atoms with van der Waals surface area (Å²) in [5.41, 5.74) is 6.06. The molecule has 0 aliphatic carbocycles. The molecule has 1 amide bonds. The van der Waals surface area contributed by atoms with Crippen molar-refractivity contribution in [2.45, 2.75) is 27.7 Å². The van der Waals surface area contributed by atoms with Crippen LogP contribution in [0, 0.1) is 27.7 Å². The van der Waals surface area contributed by atoms with Gasteiger partial charge in [0.05, 0.1) is 11.4 Å². The molecule has 0 radical (unpaired) electrons. The molecule has 0 bridgehead atoms. The Morgan fingerprint density at radius 1 is 0.917 bits per heavy atom. The lowest BCUT2D eigenvalue weighted by atomic mass is 10.1. The minimum absolute atomic E-state index is 0.254. The number of nitrogens with one attached hydrogen (secondary N) is 1. The summed E-state index contributed by atoms with van der Waals surface area (Å²) in [5, 5.41) is 11.1. The number of nitrogens with zero attached hydrogens (tertiary/aromatic N) is 3. The quantitative estimate of drug-likeness (QED) is 0.799. The third kappa shape index (κ3) is 3.20. The van der Waals surface area contributed by atoms with Gasteiger partial charge in [-0.05, 0) is 63.1 Å². The van der Waals surface area contributed by atoms with Crippen molar-refractivity contribution in [1.82, 2.24) is 15.0 Å². The van der Waals surface area contributed by atoms with E-state index >= 15 is 0 Å². The Hall–Kier alpha value is -2.95. The molecule has 2 aromatic carbocycles. The predicted molar refractivity (Wildman–Crippen MR) is 94.7 cm³/mol. The van der Waals surface area contributed by atoms with E-state index in [0.29, 0.717) is 11.4 Å². The number of hydrogen-bond donors (Lipinski definition) is 1. The number of aryl methyl sites for hydroxylation is 3. The van der Waals surface area contributed by atoms with Gasteiger partial charge in [-0.2, -0.15) is 0 Å². The van der Waals surface area contributed by atoms with Gasteiger partial charge in [0, 0.05) is 5.69 Å². The van der Waals surface area contributed by atoms with Gasteiger partial charge in [0.1, 0.15) is 0 Å². The highest BCUT2D eigenvalue weighted by Crippen LogP contribution is 2.17. The lowest BCUT2D eigenvalue weighted by molar-refractivity contribution is 0.102.